The van der Waals surface area contributed by atoms with Crippen LogP contribution in [0.3, 0.4) is 0 Å². The zero-order chi connectivity index (χ0) is 17.2. The molecule has 0 aliphatic carbocycles. The van der Waals surface area contributed by atoms with Crippen molar-refractivity contribution in [3.05, 3.63) is 59.9 Å². The number of rotatable bonds is 4. The maximum absolute atomic E-state index is 13.5. The van der Waals surface area contributed by atoms with E-state index in [2.05, 4.69) is 4.98 Å². The Bertz CT molecular complexity index is 891. The highest BCUT2D eigenvalue weighted by atomic mass is 32.1. The monoisotopic (exact) mass is 356 g/mol. The summed E-state index contributed by atoms with van der Waals surface area (Å²) in [5.41, 5.74) is 1.30. The molecule has 0 saturated carbocycles. The molecule has 6 heteroatoms. The van der Waals surface area contributed by atoms with Crippen LogP contribution in [0.15, 0.2) is 48.5 Å². The van der Waals surface area contributed by atoms with Gasteiger partial charge >= 0.3 is 0 Å². The standard InChI is InChI=1S/C19H17FN2O2S/c20-14-8-9-16-17(11-14)25-19(21-16)22(12-15-7-4-10-24-15)18(23)13-5-2-1-3-6-13/h1-3,5-6,8-9,11,15H,4,7,10,12H2. The van der Waals surface area contributed by atoms with Gasteiger partial charge in [-0.2, -0.15) is 0 Å². The molecule has 1 atom stereocenters. The van der Waals surface area contributed by atoms with Gasteiger partial charge in [-0.3, -0.25) is 9.69 Å². The van der Waals surface area contributed by atoms with Crippen LogP contribution in [0, 0.1) is 5.82 Å². The van der Waals surface area contributed by atoms with Gasteiger partial charge in [0.1, 0.15) is 5.82 Å². The normalized spacial score (nSPS) is 17.1. The third-order valence-corrected chi connectivity index (χ3v) is 5.29. The van der Waals surface area contributed by atoms with Crippen LogP contribution in [0.1, 0.15) is 23.2 Å². The number of halogens is 1. The van der Waals surface area contributed by atoms with Crippen LogP contribution in [-0.2, 0) is 4.74 Å². The summed E-state index contributed by atoms with van der Waals surface area (Å²) < 4.78 is 19.9. The minimum atomic E-state index is -0.303. The number of ether oxygens (including phenoxy) is 1. The number of anilines is 1. The Morgan fingerprint density at radius 2 is 2.12 bits per heavy atom. The van der Waals surface area contributed by atoms with Crippen molar-refractivity contribution in [3.63, 3.8) is 0 Å². The fourth-order valence-corrected chi connectivity index (χ4v) is 3.98. The summed E-state index contributed by atoms with van der Waals surface area (Å²) in [6, 6.07) is 13.6. The van der Waals surface area contributed by atoms with Crippen molar-refractivity contribution in [2.24, 2.45) is 0 Å². The molecular formula is C19H17FN2O2S. The molecule has 1 fully saturated rings. The highest BCUT2D eigenvalue weighted by Crippen LogP contribution is 2.31. The number of thiazole rings is 1. The van der Waals surface area contributed by atoms with Crippen LogP contribution in [-0.4, -0.2) is 30.1 Å². The second-order valence-electron chi connectivity index (χ2n) is 6.03. The number of fused-ring (bicyclic) bond motifs is 1. The van der Waals surface area contributed by atoms with Crippen molar-refractivity contribution < 1.29 is 13.9 Å². The van der Waals surface area contributed by atoms with E-state index in [9.17, 15) is 9.18 Å². The fourth-order valence-electron chi connectivity index (χ4n) is 2.98. The molecule has 25 heavy (non-hydrogen) atoms. The maximum Gasteiger partial charge on any atom is 0.260 e. The highest BCUT2D eigenvalue weighted by Gasteiger charge is 2.27. The van der Waals surface area contributed by atoms with Gasteiger partial charge in [-0.1, -0.05) is 29.5 Å². The lowest BCUT2D eigenvalue weighted by molar-refractivity contribution is 0.0917. The van der Waals surface area contributed by atoms with E-state index in [0.29, 0.717) is 22.8 Å². The predicted octanol–water partition coefficient (Wildman–Crippen LogP) is 4.26. The van der Waals surface area contributed by atoms with Gasteiger partial charge in [0, 0.05) is 12.2 Å². The second kappa shape index (κ2) is 6.90. The van der Waals surface area contributed by atoms with E-state index in [-0.39, 0.29) is 17.8 Å². The molecule has 2 heterocycles. The Labute approximate surface area is 148 Å². The third-order valence-electron chi connectivity index (χ3n) is 4.25. The van der Waals surface area contributed by atoms with Crippen molar-refractivity contribution >= 4 is 32.6 Å². The number of benzene rings is 2. The van der Waals surface area contributed by atoms with E-state index in [1.165, 1.54) is 23.5 Å². The van der Waals surface area contributed by atoms with Gasteiger partial charge in [0.25, 0.3) is 5.91 Å². The number of nitrogens with zero attached hydrogens (tertiary/aromatic N) is 2. The summed E-state index contributed by atoms with van der Waals surface area (Å²) in [6.45, 7) is 1.18. The van der Waals surface area contributed by atoms with Gasteiger partial charge in [-0.15, -0.1) is 0 Å². The molecule has 1 unspecified atom stereocenters. The highest BCUT2D eigenvalue weighted by molar-refractivity contribution is 7.22. The molecule has 1 amide bonds. The molecule has 1 aromatic heterocycles. The molecule has 1 aliphatic heterocycles. The van der Waals surface area contributed by atoms with Crippen molar-refractivity contribution in [1.29, 1.82) is 0 Å². The topological polar surface area (TPSA) is 42.4 Å². The summed E-state index contributed by atoms with van der Waals surface area (Å²) in [5.74, 6) is -0.418. The number of aromatic nitrogens is 1. The minimum Gasteiger partial charge on any atom is -0.376 e. The molecule has 2 aromatic carbocycles. The van der Waals surface area contributed by atoms with E-state index in [1.807, 2.05) is 18.2 Å². The molecule has 4 nitrogen and oxygen atoms in total. The average molecular weight is 356 g/mol. The average Bonchev–Trinajstić information content (AvgIpc) is 3.28. The summed E-state index contributed by atoms with van der Waals surface area (Å²) in [4.78, 5) is 19.2. The van der Waals surface area contributed by atoms with Crippen LogP contribution < -0.4 is 4.90 Å². The first kappa shape index (κ1) is 16.2. The summed E-state index contributed by atoms with van der Waals surface area (Å²) in [5, 5.41) is 0.574. The van der Waals surface area contributed by atoms with Crippen LogP contribution in [0.25, 0.3) is 10.2 Å². The smallest absolute Gasteiger partial charge is 0.260 e. The number of carbonyl (C=O) groups excluding carboxylic acids is 1. The van der Waals surface area contributed by atoms with Crippen LogP contribution in [0.2, 0.25) is 0 Å². The Balaban J connectivity index is 1.71. The molecule has 0 bridgehead atoms. The molecule has 0 spiro atoms. The zero-order valence-corrected chi connectivity index (χ0v) is 14.3. The largest absolute Gasteiger partial charge is 0.376 e. The van der Waals surface area contributed by atoms with Gasteiger partial charge in [-0.05, 0) is 43.2 Å². The number of carbonyl (C=O) groups is 1. The lowest BCUT2D eigenvalue weighted by Crippen LogP contribution is -2.37. The lowest BCUT2D eigenvalue weighted by atomic mass is 10.2. The predicted molar refractivity (Wildman–Crippen MR) is 96.7 cm³/mol. The third kappa shape index (κ3) is 3.41. The minimum absolute atomic E-state index is 0.0106. The molecule has 0 radical (unpaired) electrons. The maximum atomic E-state index is 13.5. The van der Waals surface area contributed by atoms with Crippen LogP contribution in [0.5, 0.6) is 0 Å². The van der Waals surface area contributed by atoms with Gasteiger partial charge in [0.2, 0.25) is 0 Å². The number of hydrogen-bond acceptors (Lipinski definition) is 4. The van der Waals surface area contributed by atoms with Crippen molar-refractivity contribution in [3.8, 4) is 0 Å². The quantitative estimate of drug-likeness (QED) is 0.701. The van der Waals surface area contributed by atoms with Gasteiger partial charge in [0.05, 0.1) is 22.9 Å². The van der Waals surface area contributed by atoms with Gasteiger partial charge in [0.15, 0.2) is 5.13 Å². The number of hydrogen-bond donors (Lipinski definition) is 0. The molecule has 128 valence electrons. The molecule has 1 aliphatic rings. The van der Waals surface area contributed by atoms with Crippen LogP contribution >= 0.6 is 11.3 Å². The summed E-state index contributed by atoms with van der Waals surface area (Å²) >= 11 is 1.32. The Morgan fingerprint density at radius 1 is 1.28 bits per heavy atom. The lowest BCUT2D eigenvalue weighted by Gasteiger charge is -2.23. The second-order valence-corrected chi connectivity index (χ2v) is 7.03. The van der Waals surface area contributed by atoms with Crippen molar-refractivity contribution in [1.82, 2.24) is 4.98 Å². The first-order chi connectivity index (χ1) is 12.2. The molecular weight excluding hydrogens is 339 g/mol. The van der Waals surface area contributed by atoms with Gasteiger partial charge < -0.3 is 4.74 Å². The number of amides is 1. The first-order valence-corrected chi connectivity index (χ1v) is 9.07. The fraction of sp³-hybridized carbons (Fsp3) is 0.263. The van der Waals surface area contributed by atoms with E-state index in [0.717, 1.165) is 24.1 Å². The Hall–Kier alpha value is -2.31. The molecule has 3 aromatic rings. The molecule has 1 saturated heterocycles. The van der Waals surface area contributed by atoms with E-state index in [4.69, 9.17) is 4.74 Å². The summed E-state index contributed by atoms with van der Waals surface area (Å²) in [6.07, 6.45) is 1.94. The van der Waals surface area contributed by atoms with E-state index >= 15 is 0 Å². The van der Waals surface area contributed by atoms with Crippen molar-refractivity contribution in [2.45, 2.75) is 18.9 Å². The SMILES string of the molecule is O=C(c1ccccc1)N(CC1CCCO1)c1nc2ccc(F)cc2s1. The molecule has 0 N–H and O–H groups in total. The van der Waals surface area contributed by atoms with E-state index in [1.54, 1.807) is 23.1 Å². The Morgan fingerprint density at radius 3 is 2.88 bits per heavy atom. The summed E-state index contributed by atoms with van der Waals surface area (Å²) in [7, 11) is 0. The van der Waals surface area contributed by atoms with Crippen molar-refractivity contribution in [2.75, 3.05) is 18.1 Å². The van der Waals surface area contributed by atoms with E-state index < -0.39 is 0 Å². The van der Waals surface area contributed by atoms with Crippen LogP contribution in [0.4, 0.5) is 9.52 Å². The first-order valence-electron chi connectivity index (χ1n) is 8.25. The molecule has 4 rings (SSSR count). The zero-order valence-electron chi connectivity index (χ0n) is 13.5. The van der Waals surface area contributed by atoms with Gasteiger partial charge in [-0.25, -0.2) is 9.37 Å². The Kier molecular flexibility index (Phi) is 4.46.